The van der Waals surface area contributed by atoms with Crippen LogP contribution in [0.25, 0.3) is 0 Å². The molecule has 59 heavy (non-hydrogen) atoms. The molecule has 3 heterocycles. The Morgan fingerprint density at radius 3 is 2.63 bits per heavy atom. The molecule has 11 unspecified atom stereocenters. The Balaban J connectivity index is 0.898. The van der Waals surface area contributed by atoms with Crippen molar-refractivity contribution in [1.82, 2.24) is 4.90 Å². The van der Waals surface area contributed by atoms with Crippen LogP contribution < -0.4 is 10.6 Å². The summed E-state index contributed by atoms with van der Waals surface area (Å²) in [6, 6.07) is 8.45. The molecule has 14 heteroatoms. The van der Waals surface area contributed by atoms with Crippen molar-refractivity contribution in [2.75, 3.05) is 38.9 Å². The summed E-state index contributed by atoms with van der Waals surface area (Å²) in [5.41, 5.74) is 11.7. The predicted octanol–water partition coefficient (Wildman–Crippen LogP) is 5.20. The SMILES string of the molecule is CCC1CC2=C(CCC=C2)N1C(O)C1C=CC(OCC2C=C(OOOOCC(O)OC)CC(COC3=CC4C[C@@H]5Cc6ccccc6N5C(O)C4CC3OC)C2)=CC1N. The lowest BCUT2D eigenvalue weighted by Gasteiger charge is -2.48. The molecular weight excluding hydrogens is 759 g/mol. The van der Waals surface area contributed by atoms with E-state index in [0.29, 0.717) is 37.6 Å². The molecule has 322 valence electrons. The van der Waals surface area contributed by atoms with Gasteiger partial charge in [-0.15, -0.1) is 0 Å². The summed E-state index contributed by atoms with van der Waals surface area (Å²) >= 11 is 0. The number of para-hydroxylation sites is 1. The second-order valence-corrected chi connectivity index (χ2v) is 17.0. The summed E-state index contributed by atoms with van der Waals surface area (Å²) in [6.07, 6.45) is 19.2. The molecule has 0 aromatic heterocycles. The van der Waals surface area contributed by atoms with Crippen molar-refractivity contribution in [3.8, 4) is 0 Å². The Morgan fingerprint density at radius 2 is 1.81 bits per heavy atom. The number of piperidine rings is 1. The van der Waals surface area contributed by atoms with Crippen LogP contribution in [-0.4, -0.2) is 97.2 Å². The van der Waals surface area contributed by atoms with Gasteiger partial charge >= 0.3 is 0 Å². The van der Waals surface area contributed by atoms with Gasteiger partial charge in [0.05, 0.1) is 13.2 Å². The molecule has 4 aliphatic carbocycles. The molecule has 0 saturated carbocycles. The lowest BCUT2D eigenvalue weighted by Crippen LogP contribution is -2.55. The van der Waals surface area contributed by atoms with E-state index >= 15 is 0 Å². The molecule has 3 aliphatic heterocycles. The highest BCUT2D eigenvalue weighted by Gasteiger charge is 2.48. The number of ether oxygens (including phenoxy) is 4. The van der Waals surface area contributed by atoms with Crippen LogP contribution >= 0.6 is 0 Å². The maximum atomic E-state index is 11.7. The topological polar surface area (TPSA) is 167 Å². The summed E-state index contributed by atoms with van der Waals surface area (Å²) in [4.78, 5) is 14.7. The van der Waals surface area contributed by atoms with Crippen LogP contribution in [-0.2, 0) is 45.2 Å². The summed E-state index contributed by atoms with van der Waals surface area (Å²) in [5.74, 6) is 1.83. The molecule has 0 spiro atoms. The van der Waals surface area contributed by atoms with Gasteiger partial charge in [0.15, 0.2) is 6.29 Å². The van der Waals surface area contributed by atoms with Crippen LogP contribution in [0.1, 0.15) is 63.9 Å². The molecule has 1 aromatic carbocycles. The molecule has 8 rings (SSSR count). The van der Waals surface area contributed by atoms with Gasteiger partial charge in [0.1, 0.15) is 42.4 Å². The normalized spacial score (nSPS) is 33.3. The fourth-order valence-corrected chi connectivity index (χ4v) is 10.4. The molecule has 1 aromatic rings. The van der Waals surface area contributed by atoms with E-state index < -0.39 is 24.8 Å². The monoisotopic (exact) mass is 819 g/mol. The maximum absolute atomic E-state index is 11.7. The minimum atomic E-state index is -1.18. The molecule has 0 radical (unpaired) electrons. The molecule has 1 fully saturated rings. The number of rotatable bonds is 17. The highest BCUT2D eigenvalue weighted by Crippen LogP contribution is 2.48. The second kappa shape index (κ2) is 18.9. The maximum Gasteiger partial charge on any atom is 0.181 e. The summed E-state index contributed by atoms with van der Waals surface area (Å²) in [5, 5.41) is 42.4. The number of hydrogen-bond donors (Lipinski definition) is 4. The van der Waals surface area contributed by atoms with Gasteiger partial charge in [0.2, 0.25) is 0 Å². The molecular formula is C45H61N3O11. The average Bonchev–Trinajstić information content (AvgIpc) is 3.83. The van der Waals surface area contributed by atoms with Crippen molar-refractivity contribution in [1.29, 1.82) is 0 Å². The first-order valence-electron chi connectivity index (χ1n) is 21.3. The zero-order chi connectivity index (χ0) is 41.0. The number of aliphatic hydroxyl groups excluding tert-OH is 3. The molecule has 1 saturated heterocycles. The number of nitrogens with zero attached hydrogens (tertiary/aromatic N) is 2. The van der Waals surface area contributed by atoms with Gasteiger partial charge in [0.25, 0.3) is 0 Å². The van der Waals surface area contributed by atoms with Crippen LogP contribution in [0.3, 0.4) is 0 Å². The van der Waals surface area contributed by atoms with E-state index in [1.165, 1.54) is 23.9 Å². The number of allylic oxidation sites excluding steroid dienone is 6. The van der Waals surface area contributed by atoms with Gasteiger partial charge in [-0.3, -0.25) is 0 Å². The van der Waals surface area contributed by atoms with Crippen LogP contribution in [0, 0.1) is 29.6 Å². The third kappa shape index (κ3) is 9.17. The van der Waals surface area contributed by atoms with E-state index in [1.807, 2.05) is 30.4 Å². The smallest absolute Gasteiger partial charge is 0.181 e. The molecule has 5 N–H and O–H groups in total. The standard InChI is InChI=1S/C45H61N3O11/c1-4-32-18-29-9-5-7-11-39(29)47(32)44(50)36-14-13-34(22-38(36)46)54-24-27-15-28(17-35(16-27)57-59-58-56-26-43(49)53-3)25-55-42-21-31-20-33-19-30-10-6-8-12-40(30)48(33)45(51)37(31)23-41(42)52-2/h5-6,8-10,12-14,16,21-22,27-28,31-33,36-38,41,43-45,49-51H,4,7,11,15,17-20,23-26,46H2,1-3H3/t27?,28?,31?,32?,33-,36?,37?,38?,41?,43?,44?,45?/m0/s1. The molecule has 12 atom stereocenters. The highest BCUT2D eigenvalue weighted by atomic mass is 17.7. The van der Waals surface area contributed by atoms with E-state index in [4.69, 9.17) is 39.5 Å². The summed E-state index contributed by atoms with van der Waals surface area (Å²) in [7, 11) is 3.03. The third-order valence-electron chi connectivity index (χ3n) is 13.3. The quantitative estimate of drug-likeness (QED) is 0.0701. The van der Waals surface area contributed by atoms with Crippen LogP contribution in [0.5, 0.6) is 0 Å². The number of aliphatic hydroxyl groups is 3. The number of anilines is 1. The Hall–Kier alpha value is -3.70. The van der Waals surface area contributed by atoms with Gasteiger partial charge < -0.3 is 54.7 Å². The number of hydrogen-bond acceptors (Lipinski definition) is 14. The fourth-order valence-electron chi connectivity index (χ4n) is 10.4. The zero-order valence-corrected chi connectivity index (χ0v) is 34.3. The van der Waals surface area contributed by atoms with Crippen molar-refractivity contribution in [3.63, 3.8) is 0 Å². The number of methoxy groups -OCH3 is 2. The van der Waals surface area contributed by atoms with Crippen molar-refractivity contribution < 1.29 is 54.1 Å². The number of nitrogens with two attached hydrogens (primary N) is 1. The zero-order valence-electron chi connectivity index (χ0n) is 34.3. The lowest BCUT2D eigenvalue weighted by atomic mass is 9.74. The van der Waals surface area contributed by atoms with Gasteiger partial charge in [-0.2, -0.15) is 4.89 Å². The first kappa shape index (κ1) is 42.0. The van der Waals surface area contributed by atoms with E-state index in [9.17, 15) is 15.3 Å². The minimum Gasteiger partial charge on any atom is -0.495 e. The number of benzene rings is 1. The van der Waals surface area contributed by atoms with Gasteiger partial charge in [0, 0.05) is 78.9 Å². The average molecular weight is 820 g/mol. The summed E-state index contributed by atoms with van der Waals surface area (Å²) < 4.78 is 23.7. The Kier molecular flexibility index (Phi) is 13.5. The fraction of sp³-hybridized carbons (Fsp3) is 0.600. The van der Waals surface area contributed by atoms with E-state index in [-0.39, 0.29) is 54.4 Å². The van der Waals surface area contributed by atoms with Gasteiger partial charge in [-0.25, -0.2) is 0 Å². The minimum absolute atomic E-state index is 0.0230. The predicted molar refractivity (Wildman–Crippen MR) is 217 cm³/mol. The Bertz CT molecular complexity index is 1810. The van der Waals surface area contributed by atoms with Gasteiger partial charge in [-0.05, 0) is 104 Å². The first-order chi connectivity index (χ1) is 28.7. The molecule has 0 bridgehead atoms. The van der Waals surface area contributed by atoms with Crippen LogP contribution in [0.2, 0.25) is 0 Å². The van der Waals surface area contributed by atoms with E-state index in [1.54, 1.807) is 7.11 Å². The van der Waals surface area contributed by atoms with Crippen molar-refractivity contribution >= 4 is 5.69 Å². The number of fused-ring (bicyclic) bond motifs is 4. The van der Waals surface area contributed by atoms with Crippen molar-refractivity contribution in [2.24, 2.45) is 35.3 Å². The summed E-state index contributed by atoms with van der Waals surface area (Å²) in [6.45, 7) is 2.64. The van der Waals surface area contributed by atoms with Crippen LogP contribution in [0.4, 0.5) is 5.69 Å². The van der Waals surface area contributed by atoms with Gasteiger partial charge in [-0.1, -0.05) is 43.4 Å². The van der Waals surface area contributed by atoms with E-state index in [0.717, 1.165) is 56.4 Å². The molecule has 7 aliphatic rings. The van der Waals surface area contributed by atoms with Crippen molar-refractivity contribution in [3.05, 3.63) is 101 Å². The van der Waals surface area contributed by atoms with Crippen molar-refractivity contribution in [2.45, 2.75) is 108 Å². The van der Waals surface area contributed by atoms with Crippen LogP contribution in [0.15, 0.2) is 95.3 Å². The Morgan fingerprint density at radius 1 is 0.949 bits per heavy atom. The largest absolute Gasteiger partial charge is 0.495 e. The van der Waals surface area contributed by atoms with E-state index in [2.05, 4.69) is 58.2 Å². The molecule has 0 amide bonds. The molecule has 14 nitrogen and oxygen atoms in total. The highest BCUT2D eigenvalue weighted by molar-refractivity contribution is 5.60. The lowest BCUT2D eigenvalue weighted by molar-refractivity contribution is -0.628. The third-order valence-corrected chi connectivity index (χ3v) is 13.3. The second-order valence-electron chi connectivity index (χ2n) is 17.0. The first-order valence-corrected chi connectivity index (χ1v) is 21.3. The Labute approximate surface area is 346 Å².